The summed E-state index contributed by atoms with van der Waals surface area (Å²) in [5.41, 5.74) is 0. The zero-order chi connectivity index (χ0) is 9.40. The first kappa shape index (κ1) is 11.8. The summed E-state index contributed by atoms with van der Waals surface area (Å²) in [5, 5.41) is 12.3. The van der Waals surface area contributed by atoms with Crippen molar-refractivity contribution in [1.82, 2.24) is 10.2 Å². The Morgan fingerprint density at radius 1 is 1.58 bits per heavy atom. The highest BCUT2D eigenvalue weighted by atomic mass is 16.5. The van der Waals surface area contributed by atoms with Gasteiger partial charge in [0.25, 0.3) is 0 Å². The van der Waals surface area contributed by atoms with Gasteiger partial charge in [0.1, 0.15) is 0 Å². The lowest BCUT2D eigenvalue weighted by Crippen LogP contribution is -2.36. The molecule has 1 atom stereocenters. The van der Waals surface area contributed by atoms with Crippen molar-refractivity contribution in [3.63, 3.8) is 0 Å². The fourth-order valence-corrected chi connectivity index (χ4v) is 0.998. The molecule has 0 aromatic rings. The maximum Gasteiger partial charge on any atom is 0.0791 e. The van der Waals surface area contributed by atoms with Gasteiger partial charge in [0.05, 0.1) is 12.7 Å². The summed E-state index contributed by atoms with van der Waals surface area (Å²) < 4.78 is 4.92. The average Bonchev–Trinajstić information content (AvgIpc) is 2.01. The quantitative estimate of drug-likeness (QED) is 0.530. The Morgan fingerprint density at radius 3 is 2.75 bits per heavy atom. The molecule has 2 N–H and O–H groups in total. The van der Waals surface area contributed by atoms with Gasteiger partial charge in [-0.2, -0.15) is 0 Å². The average molecular weight is 176 g/mol. The van der Waals surface area contributed by atoms with Gasteiger partial charge in [-0.25, -0.2) is 0 Å². The fraction of sp³-hybridized carbons (Fsp3) is 1.00. The Kier molecular flexibility index (Phi) is 7.39. The van der Waals surface area contributed by atoms with Crippen LogP contribution >= 0.6 is 0 Å². The van der Waals surface area contributed by atoms with E-state index in [1.54, 1.807) is 7.11 Å². The number of likely N-dealkylation sites (N-methyl/N-ethyl adjacent to an activating group) is 2. The van der Waals surface area contributed by atoms with Crippen LogP contribution in [0.15, 0.2) is 0 Å². The van der Waals surface area contributed by atoms with Crippen LogP contribution in [0.5, 0.6) is 0 Å². The van der Waals surface area contributed by atoms with Crippen molar-refractivity contribution >= 4 is 0 Å². The topological polar surface area (TPSA) is 44.7 Å². The number of rotatable bonds is 7. The van der Waals surface area contributed by atoms with E-state index in [-0.39, 0.29) is 6.10 Å². The Labute approximate surface area is 74.5 Å². The number of nitrogens with one attached hydrogen (secondary N) is 1. The Morgan fingerprint density at radius 2 is 2.25 bits per heavy atom. The molecule has 0 fully saturated rings. The Bertz CT molecular complexity index is 101. The molecule has 0 saturated carbocycles. The van der Waals surface area contributed by atoms with Crippen LogP contribution in [-0.2, 0) is 4.74 Å². The molecule has 0 rings (SSSR count). The van der Waals surface area contributed by atoms with Gasteiger partial charge in [0, 0.05) is 26.7 Å². The van der Waals surface area contributed by atoms with Gasteiger partial charge in [-0.15, -0.1) is 0 Å². The minimum atomic E-state index is -0.295. The minimum absolute atomic E-state index is 0.295. The molecule has 4 nitrogen and oxygen atoms in total. The van der Waals surface area contributed by atoms with Gasteiger partial charge in [-0.05, 0) is 14.1 Å². The van der Waals surface area contributed by atoms with Crippen LogP contribution in [0.2, 0.25) is 0 Å². The Balaban J connectivity index is 3.33. The minimum Gasteiger partial charge on any atom is -0.390 e. The lowest BCUT2D eigenvalue weighted by atomic mass is 10.3. The van der Waals surface area contributed by atoms with Crippen molar-refractivity contribution in [2.75, 3.05) is 47.4 Å². The maximum absolute atomic E-state index is 9.37. The molecule has 0 radical (unpaired) electrons. The van der Waals surface area contributed by atoms with Gasteiger partial charge in [-0.3, -0.25) is 0 Å². The molecule has 0 aliphatic carbocycles. The van der Waals surface area contributed by atoms with Crippen LogP contribution < -0.4 is 5.32 Å². The summed E-state index contributed by atoms with van der Waals surface area (Å²) in [5.74, 6) is 0. The summed E-state index contributed by atoms with van der Waals surface area (Å²) in [4.78, 5) is 2.05. The number of hydrogen-bond donors (Lipinski definition) is 2. The highest BCUT2D eigenvalue weighted by molar-refractivity contribution is 4.62. The van der Waals surface area contributed by atoms with E-state index in [1.165, 1.54) is 0 Å². The molecule has 0 spiro atoms. The largest absolute Gasteiger partial charge is 0.390 e. The second-order valence-electron chi connectivity index (χ2n) is 2.97. The zero-order valence-electron chi connectivity index (χ0n) is 8.21. The molecule has 74 valence electrons. The monoisotopic (exact) mass is 176 g/mol. The molecular weight excluding hydrogens is 156 g/mol. The summed E-state index contributed by atoms with van der Waals surface area (Å²) in [7, 11) is 5.48. The van der Waals surface area contributed by atoms with E-state index in [0.29, 0.717) is 19.7 Å². The van der Waals surface area contributed by atoms with E-state index >= 15 is 0 Å². The Hall–Kier alpha value is -0.160. The third-order valence-electron chi connectivity index (χ3n) is 1.64. The van der Waals surface area contributed by atoms with E-state index < -0.39 is 0 Å². The van der Waals surface area contributed by atoms with Crippen molar-refractivity contribution in [3.8, 4) is 0 Å². The third-order valence-corrected chi connectivity index (χ3v) is 1.64. The molecule has 0 amide bonds. The van der Waals surface area contributed by atoms with Crippen molar-refractivity contribution < 1.29 is 9.84 Å². The van der Waals surface area contributed by atoms with Crippen molar-refractivity contribution in [1.29, 1.82) is 0 Å². The fourth-order valence-electron chi connectivity index (χ4n) is 0.998. The summed E-state index contributed by atoms with van der Waals surface area (Å²) >= 11 is 0. The highest BCUT2D eigenvalue weighted by Gasteiger charge is 2.05. The molecule has 0 aliphatic rings. The molecule has 0 bridgehead atoms. The maximum atomic E-state index is 9.37. The van der Waals surface area contributed by atoms with Gasteiger partial charge in [0.2, 0.25) is 0 Å². The van der Waals surface area contributed by atoms with Crippen molar-refractivity contribution in [2.45, 2.75) is 6.10 Å². The molecule has 0 aliphatic heterocycles. The van der Waals surface area contributed by atoms with E-state index in [2.05, 4.69) is 5.32 Å². The van der Waals surface area contributed by atoms with Gasteiger partial charge >= 0.3 is 0 Å². The number of ether oxygens (including phenoxy) is 1. The molecule has 0 saturated heterocycles. The van der Waals surface area contributed by atoms with Crippen LogP contribution in [0.4, 0.5) is 0 Å². The third kappa shape index (κ3) is 6.54. The van der Waals surface area contributed by atoms with Crippen molar-refractivity contribution in [3.05, 3.63) is 0 Å². The summed E-state index contributed by atoms with van der Waals surface area (Å²) in [6, 6.07) is 0. The predicted molar refractivity (Wildman–Crippen MR) is 49.3 cm³/mol. The number of hydrogen-bond acceptors (Lipinski definition) is 4. The van der Waals surface area contributed by atoms with E-state index in [4.69, 9.17) is 4.74 Å². The number of aliphatic hydroxyl groups is 1. The molecule has 0 heterocycles. The normalized spacial score (nSPS) is 13.8. The van der Waals surface area contributed by atoms with Crippen LogP contribution in [0, 0.1) is 0 Å². The van der Waals surface area contributed by atoms with Gasteiger partial charge < -0.3 is 20.1 Å². The lowest BCUT2D eigenvalue weighted by Gasteiger charge is -2.19. The van der Waals surface area contributed by atoms with E-state index in [0.717, 1.165) is 6.54 Å². The number of nitrogens with zero attached hydrogens (tertiary/aromatic N) is 1. The standard InChI is InChI=1S/C8H20N2O2/c1-9-6-8(11)7-10(2)4-5-12-3/h8-9,11H,4-7H2,1-3H3. The predicted octanol–water partition coefficient (Wildman–Crippen LogP) is -0.855. The molecule has 1 unspecified atom stereocenters. The smallest absolute Gasteiger partial charge is 0.0791 e. The first-order valence-electron chi connectivity index (χ1n) is 4.20. The van der Waals surface area contributed by atoms with E-state index in [9.17, 15) is 5.11 Å². The molecular formula is C8H20N2O2. The second kappa shape index (κ2) is 7.49. The first-order chi connectivity index (χ1) is 5.70. The van der Waals surface area contributed by atoms with Crippen LogP contribution in [0.25, 0.3) is 0 Å². The molecule has 12 heavy (non-hydrogen) atoms. The summed E-state index contributed by atoms with van der Waals surface area (Å²) in [6.45, 7) is 2.89. The van der Waals surface area contributed by atoms with Crippen molar-refractivity contribution in [2.24, 2.45) is 0 Å². The van der Waals surface area contributed by atoms with Gasteiger partial charge in [0.15, 0.2) is 0 Å². The highest BCUT2D eigenvalue weighted by Crippen LogP contribution is 1.87. The molecule has 0 aromatic heterocycles. The SMILES string of the molecule is CNCC(O)CN(C)CCOC. The first-order valence-corrected chi connectivity index (χ1v) is 4.20. The van der Waals surface area contributed by atoms with E-state index in [1.807, 2.05) is 19.0 Å². The number of aliphatic hydroxyl groups excluding tert-OH is 1. The van der Waals surface area contributed by atoms with Crippen LogP contribution in [-0.4, -0.2) is 63.6 Å². The van der Waals surface area contributed by atoms with Crippen LogP contribution in [0.1, 0.15) is 0 Å². The zero-order valence-corrected chi connectivity index (χ0v) is 8.21. The molecule has 4 heteroatoms. The van der Waals surface area contributed by atoms with Crippen LogP contribution in [0.3, 0.4) is 0 Å². The summed E-state index contributed by atoms with van der Waals surface area (Å²) in [6.07, 6.45) is -0.295. The second-order valence-corrected chi connectivity index (χ2v) is 2.97. The van der Waals surface area contributed by atoms with Gasteiger partial charge in [-0.1, -0.05) is 0 Å². The lowest BCUT2D eigenvalue weighted by molar-refractivity contribution is 0.104. The number of methoxy groups -OCH3 is 1. The molecule has 0 aromatic carbocycles.